The van der Waals surface area contributed by atoms with Crippen LogP contribution in [0.25, 0.3) is 6.08 Å². The number of furan rings is 1. The molecule has 0 fully saturated rings. The summed E-state index contributed by atoms with van der Waals surface area (Å²) in [7, 11) is 0. The molecule has 0 atom stereocenters. The third-order valence-electron chi connectivity index (χ3n) is 3.21. The van der Waals surface area contributed by atoms with Gasteiger partial charge in [0.15, 0.2) is 11.7 Å². The van der Waals surface area contributed by atoms with E-state index in [0.717, 1.165) is 15.8 Å². The predicted octanol–water partition coefficient (Wildman–Crippen LogP) is 2.77. The van der Waals surface area contributed by atoms with Crippen molar-refractivity contribution >= 4 is 51.2 Å². The molecule has 7 nitrogen and oxygen atoms in total. The van der Waals surface area contributed by atoms with E-state index < -0.39 is 11.8 Å². The van der Waals surface area contributed by atoms with Gasteiger partial charge in [0.25, 0.3) is 5.91 Å². The van der Waals surface area contributed by atoms with Crippen LogP contribution < -0.4 is 20.9 Å². The van der Waals surface area contributed by atoms with E-state index in [1.54, 1.807) is 25.1 Å². The van der Waals surface area contributed by atoms with Crippen LogP contribution in [-0.2, 0) is 9.59 Å². The second kappa shape index (κ2) is 9.89. The Labute approximate surface area is 170 Å². The Bertz CT molecular complexity index is 879. The lowest BCUT2D eigenvalue weighted by molar-refractivity contribution is -0.123. The minimum atomic E-state index is -0.461. The first-order chi connectivity index (χ1) is 12.8. The number of amides is 2. The summed E-state index contributed by atoms with van der Waals surface area (Å²) >= 11 is 8.32. The van der Waals surface area contributed by atoms with Crippen molar-refractivity contribution in [3.05, 3.63) is 58.0 Å². The standard InChI is InChI=1S/C18H18BrN3O4S/c1-11-9-14(5-7-15(11)19)25-10-17(24)21-22-18(27)20-16(23)8-6-13-4-3-12(2)26-13/h3-9H,10H2,1-2H3,(H,21,24)(H2,20,22,23,27)/b8-6+. The molecule has 0 bridgehead atoms. The second-order valence-corrected chi connectivity index (χ2v) is 6.74. The molecule has 0 saturated carbocycles. The zero-order chi connectivity index (χ0) is 19.8. The first kappa shape index (κ1) is 20.7. The van der Waals surface area contributed by atoms with Gasteiger partial charge >= 0.3 is 0 Å². The Morgan fingerprint density at radius 3 is 2.67 bits per heavy atom. The molecular formula is C18H18BrN3O4S. The summed E-state index contributed by atoms with van der Waals surface area (Å²) in [6.45, 7) is 3.52. The lowest BCUT2D eigenvalue weighted by Crippen LogP contribution is -2.49. The Morgan fingerprint density at radius 1 is 1.22 bits per heavy atom. The fourth-order valence-corrected chi connectivity index (χ4v) is 2.30. The van der Waals surface area contributed by atoms with E-state index in [0.29, 0.717) is 11.5 Å². The smallest absolute Gasteiger partial charge is 0.276 e. The summed E-state index contributed by atoms with van der Waals surface area (Å²) in [6.07, 6.45) is 2.78. The molecule has 2 aromatic rings. The maximum absolute atomic E-state index is 11.8. The number of halogens is 1. The van der Waals surface area contributed by atoms with Gasteiger partial charge in [0, 0.05) is 10.5 Å². The van der Waals surface area contributed by atoms with Crippen LogP contribution >= 0.6 is 28.1 Å². The Hall–Kier alpha value is -2.65. The highest BCUT2D eigenvalue weighted by Gasteiger charge is 2.06. The van der Waals surface area contributed by atoms with Crippen LogP contribution in [0.5, 0.6) is 5.75 Å². The van der Waals surface area contributed by atoms with Crippen molar-refractivity contribution in [1.82, 2.24) is 16.2 Å². The van der Waals surface area contributed by atoms with Crippen LogP contribution in [0.2, 0.25) is 0 Å². The minimum absolute atomic E-state index is 0.0480. The number of rotatable bonds is 5. The first-order valence-electron chi connectivity index (χ1n) is 7.87. The monoisotopic (exact) mass is 451 g/mol. The van der Waals surface area contributed by atoms with Crippen molar-refractivity contribution in [2.75, 3.05) is 6.61 Å². The van der Waals surface area contributed by atoms with Gasteiger partial charge < -0.3 is 9.15 Å². The highest BCUT2D eigenvalue weighted by molar-refractivity contribution is 9.10. The van der Waals surface area contributed by atoms with Crippen LogP contribution in [0.15, 0.2) is 45.3 Å². The third-order valence-corrected chi connectivity index (χ3v) is 4.31. The maximum atomic E-state index is 11.8. The number of benzene rings is 1. The quantitative estimate of drug-likeness (QED) is 0.367. The average molecular weight is 452 g/mol. The molecule has 0 aliphatic heterocycles. The van der Waals surface area contributed by atoms with Gasteiger partial charge in [-0.25, -0.2) is 0 Å². The Balaban J connectivity index is 1.69. The number of hydrazine groups is 1. The van der Waals surface area contributed by atoms with Crippen LogP contribution in [0, 0.1) is 13.8 Å². The van der Waals surface area contributed by atoms with Crippen LogP contribution in [0.3, 0.4) is 0 Å². The first-order valence-corrected chi connectivity index (χ1v) is 9.07. The van der Waals surface area contributed by atoms with Crippen LogP contribution in [-0.4, -0.2) is 23.5 Å². The summed E-state index contributed by atoms with van der Waals surface area (Å²) in [5.74, 6) is 0.955. The van der Waals surface area contributed by atoms with Gasteiger partial charge in [0.2, 0.25) is 5.91 Å². The van der Waals surface area contributed by atoms with Crippen molar-refractivity contribution in [1.29, 1.82) is 0 Å². The fraction of sp³-hybridized carbons (Fsp3) is 0.167. The van der Waals surface area contributed by atoms with Crippen LogP contribution in [0.4, 0.5) is 0 Å². The number of thiocarbonyl (C=S) groups is 1. The van der Waals surface area contributed by atoms with E-state index in [1.165, 1.54) is 12.2 Å². The number of aryl methyl sites for hydroxylation is 2. The number of ether oxygens (including phenoxy) is 1. The molecule has 3 N–H and O–H groups in total. The van der Waals surface area contributed by atoms with E-state index in [9.17, 15) is 9.59 Å². The molecule has 2 rings (SSSR count). The van der Waals surface area contributed by atoms with Gasteiger partial charge in [0.1, 0.15) is 17.3 Å². The van der Waals surface area contributed by atoms with Crippen molar-refractivity contribution in [3.63, 3.8) is 0 Å². The lowest BCUT2D eigenvalue weighted by Gasteiger charge is -2.11. The zero-order valence-electron chi connectivity index (χ0n) is 14.7. The fourth-order valence-electron chi connectivity index (χ4n) is 1.90. The van der Waals surface area contributed by atoms with Gasteiger partial charge in [-0.3, -0.25) is 25.8 Å². The summed E-state index contributed by atoms with van der Waals surface area (Å²) in [5, 5.41) is 2.34. The maximum Gasteiger partial charge on any atom is 0.276 e. The Morgan fingerprint density at radius 2 is 2.00 bits per heavy atom. The number of hydrogen-bond acceptors (Lipinski definition) is 5. The van der Waals surface area contributed by atoms with Crippen molar-refractivity contribution < 1.29 is 18.7 Å². The van der Waals surface area contributed by atoms with E-state index in [1.807, 2.05) is 19.1 Å². The molecule has 9 heteroatoms. The predicted molar refractivity (Wildman–Crippen MR) is 109 cm³/mol. The summed E-state index contributed by atoms with van der Waals surface area (Å²) in [6, 6.07) is 8.92. The molecular weight excluding hydrogens is 434 g/mol. The molecule has 0 spiro atoms. The zero-order valence-corrected chi connectivity index (χ0v) is 17.1. The van der Waals surface area contributed by atoms with E-state index in [4.69, 9.17) is 21.4 Å². The average Bonchev–Trinajstić information content (AvgIpc) is 3.04. The van der Waals surface area contributed by atoms with E-state index in [2.05, 4.69) is 32.1 Å². The molecule has 0 saturated heterocycles. The molecule has 0 unspecified atom stereocenters. The molecule has 0 aliphatic rings. The molecule has 27 heavy (non-hydrogen) atoms. The number of hydrogen-bond donors (Lipinski definition) is 3. The number of nitrogens with one attached hydrogen (secondary N) is 3. The second-order valence-electron chi connectivity index (χ2n) is 5.47. The molecule has 0 aliphatic carbocycles. The van der Waals surface area contributed by atoms with Crippen molar-refractivity contribution in [2.24, 2.45) is 0 Å². The van der Waals surface area contributed by atoms with Gasteiger partial charge in [-0.05, 0) is 68.0 Å². The van der Waals surface area contributed by atoms with Gasteiger partial charge in [-0.1, -0.05) is 15.9 Å². The van der Waals surface area contributed by atoms with Gasteiger partial charge in [-0.15, -0.1) is 0 Å². The van der Waals surface area contributed by atoms with Crippen LogP contribution in [0.1, 0.15) is 17.1 Å². The molecule has 142 valence electrons. The largest absolute Gasteiger partial charge is 0.484 e. The van der Waals surface area contributed by atoms with Gasteiger partial charge in [0.05, 0.1) is 0 Å². The summed E-state index contributed by atoms with van der Waals surface area (Å²) < 4.78 is 11.6. The normalized spacial score (nSPS) is 10.5. The molecule has 1 heterocycles. The molecule has 1 aromatic carbocycles. The van der Waals surface area contributed by atoms with Crippen molar-refractivity contribution in [2.45, 2.75) is 13.8 Å². The molecule has 1 aromatic heterocycles. The minimum Gasteiger partial charge on any atom is -0.484 e. The number of carbonyl (C=O) groups is 2. The van der Waals surface area contributed by atoms with Crippen molar-refractivity contribution in [3.8, 4) is 5.75 Å². The summed E-state index contributed by atoms with van der Waals surface area (Å²) in [5.41, 5.74) is 5.76. The molecule has 2 amide bonds. The highest BCUT2D eigenvalue weighted by atomic mass is 79.9. The Kier molecular flexibility index (Phi) is 7.56. The third kappa shape index (κ3) is 7.24. The summed E-state index contributed by atoms with van der Waals surface area (Å²) in [4.78, 5) is 23.5. The number of carbonyl (C=O) groups excluding carboxylic acids is 2. The van der Waals surface area contributed by atoms with Gasteiger partial charge in [-0.2, -0.15) is 0 Å². The SMILES string of the molecule is Cc1ccc(/C=C/C(=O)NC(=S)NNC(=O)COc2ccc(Br)c(C)c2)o1. The highest BCUT2D eigenvalue weighted by Crippen LogP contribution is 2.21. The molecule has 0 radical (unpaired) electrons. The lowest BCUT2D eigenvalue weighted by atomic mass is 10.2. The topological polar surface area (TPSA) is 92.6 Å². The van der Waals surface area contributed by atoms with E-state index in [-0.39, 0.29) is 11.7 Å². The van der Waals surface area contributed by atoms with E-state index >= 15 is 0 Å².